The Balaban J connectivity index is 2.38. The van der Waals surface area contributed by atoms with Crippen LogP contribution in [-0.4, -0.2) is 30.7 Å². The van der Waals surface area contributed by atoms with Crippen molar-refractivity contribution in [2.45, 2.75) is 51.3 Å². The number of piperidine rings is 1. The molecule has 3 N–H and O–H groups in total. The zero-order valence-electron chi connectivity index (χ0n) is 8.95. The average Bonchev–Trinajstić information content (AvgIpc) is 2.15. The highest BCUT2D eigenvalue weighted by molar-refractivity contribution is 5.75. The van der Waals surface area contributed by atoms with Crippen LogP contribution < -0.4 is 11.1 Å². The summed E-state index contributed by atoms with van der Waals surface area (Å²) in [5.74, 6) is -0.390. The number of nitrogens with one attached hydrogen (secondary N) is 1. The van der Waals surface area contributed by atoms with Gasteiger partial charge in [-0.2, -0.15) is 0 Å². The number of hydrogen-bond donors (Lipinski definition) is 2. The third kappa shape index (κ3) is 3.27. The molecule has 1 aliphatic rings. The van der Waals surface area contributed by atoms with Crippen LogP contribution in [-0.2, 0) is 9.53 Å². The Hall–Kier alpha value is -0.610. The third-order valence-corrected chi connectivity index (χ3v) is 2.71. The van der Waals surface area contributed by atoms with Gasteiger partial charge in [0, 0.05) is 12.1 Å². The summed E-state index contributed by atoms with van der Waals surface area (Å²) >= 11 is 0. The summed E-state index contributed by atoms with van der Waals surface area (Å²) < 4.78 is 5.46. The minimum atomic E-state index is -0.390. The number of amides is 1. The van der Waals surface area contributed by atoms with E-state index < -0.39 is 5.91 Å². The van der Waals surface area contributed by atoms with Crippen LogP contribution in [0.1, 0.15) is 33.1 Å². The van der Waals surface area contributed by atoms with Crippen molar-refractivity contribution in [1.82, 2.24) is 5.32 Å². The summed E-state index contributed by atoms with van der Waals surface area (Å²) in [5, 5.41) is 3.46. The van der Waals surface area contributed by atoms with Gasteiger partial charge < -0.3 is 15.8 Å². The third-order valence-electron chi connectivity index (χ3n) is 2.71. The van der Waals surface area contributed by atoms with Crippen molar-refractivity contribution >= 4 is 5.91 Å². The van der Waals surface area contributed by atoms with Gasteiger partial charge in [-0.25, -0.2) is 0 Å². The van der Waals surface area contributed by atoms with Gasteiger partial charge in [0.15, 0.2) is 0 Å². The van der Waals surface area contributed by atoms with Crippen molar-refractivity contribution in [2.24, 2.45) is 5.73 Å². The lowest BCUT2D eigenvalue weighted by molar-refractivity contribution is -0.126. The van der Waals surface area contributed by atoms with Crippen LogP contribution in [0.4, 0.5) is 0 Å². The SMILES string of the molecule is CCC1NC(C)CCC1OCC(N)=O. The first kappa shape index (κ1) is 11.5. The van der Waals surface area contributed by atoms with Gasteiger partial charge in [0.25, 0.3) is 0 Å². The van der Waals surface area contributed by atoms with E-state index in [1.165, 1.54) is 0 Å². The number of ether oxygens (including phenoxy) is 1. The van der Waals surface area contributed by atoms with E-state index in [9.17, 15) is 4.79 Å². The Kier molecular flexibility index (Phi) is 4.35. The van der Waals surface area contributed by atoms with Crippen LogP contribution in [0.5, 0.6) is 0 Å². The van der Waals surface area contributed by atoms with Crippen LogP contribution in [0.25, 0.3) is 0 Å². The molecule has 3 unspecified atom stereocenters. The monoisotopic (exact) mass is 200 g/mol. The first-order valence-electron chi connectivity index (χ1n) is 5.29. The van der Waals surface area contributed by atoms with Crippen LogP contribution >= 0.6 is 0 Å². The molecule has 0 bridgehead atoms. The molecule has 4 heteroatoms. The molecular weight excluding hydrogens is 180 g/mol. The van der Waals surface area contributed by atoms with Gasteiger partial charge in [-0.1, -0.05) is 6.92 Å². The molecule has 0 spiro atoms. The Labute approximate surface area is 85.2 Å². The van der Waals surface area contributed by atoms with Crippen molar-refractivity contribution in [2.75, 3.05) is 6.61 Å². The van der Waals surface area contributed by atoms with Gasteiger partial charge in [-0.05, 0) is 26.2 Å². The smallest absolute Gasteiger partial charge is 0.243 e. The number of carbonyl (C=O) groups excluding carboxylic acids is 1. The second-order valence-corrected chi connectivity index (χ2v) is 3.98. The van der Waals surface area contributed by atoms with Crippen LogP contribution in [0.15, 0.2) is 0 Å². The molecule has 0 saturated carbocycles. The maximum Gasteiger partial charge on any atom is 0.243 e. The largest absolute Gasteiger partial charge is 0.368 e. The van der Waals surface area contributed by atoms with E-state index in [1.54, 1.807) is 0 Å². The zero-order valence-corrected chi connectivity index (χ0v) is 8.95. The van der Waals surface area contributed by atoms with Gasteiger partial charge in [-0.3, -0.25) is 4.79 Å². The second-order valence-electron chi connectivity index (χ2n) is 3.98. The lowest BCUT2D eigenvalue weighted by atomic mass is 9.95. The van der Waals surface area contributed by atoms with Gasteiger partial charge >= 0.3 is 0 Å². The molecule has 0 aliphatic carbocycles. The molecule has 0 aromatic rings. The van der Waals surface area contributed by atoms with Gasteiger partial charge in [0.1, 0.15) is 6.61 Å². The van der Waals surface area contributed by atoms with E-state index in [2.05, 4.69) is 19.2 Å². The lowest BCUT2D eigenvalue weighted by Gasteiger charge is -2.35. The predicted molar refractivity (Wildman–Crippen MR) is 54.8 cm³/mol. The van der Waals surface area contributed by atoms with Crippen molar-refractivity contribution < 1.29 is 9.53 Å². The van der Waals surface area contributed by atoms with Crippen LogP contribution in [0.3, 0.4) is 0 Å². The minimum absolute atomic E-state index is 0.0389. The Morgan fingerprint density at radius 1 is 1.57 bits per heavy atom. The molecule has 1 fully saturated rings. The molecule has 4 nitrogen and oxygen atoms in total. The highest BCUT2D eigenvalue weighted by Gasteiger charge is 2.27. The molecule has 1 aliphatic heterocycles. The van der Waals surface area contributed by atoms with Gasteiger partial charge in [0.05, 0.1) is 6.10 Å². The summed E-state index contributed by atoms with van der Waals surface area (Å²) in [4.78, 5) is 10.6. The summed E-state index contributed by atoms with van der Waals surface area (Å²) in [6, 6.07) is 0.909. The fourth-order valence-electron chi connectivity index (χ4n) is 1.94. The van der Waals surface area contributed by atoms with Crippen molar-refractivity contribution in [3.05, 3.63) is 0 Å². The maximum absolute atomic E-state index is 10.6. The van der Waals surface area contributed by atoms with Gasteiger partial charge in [0.2, 0.25) is 5.91 Å². The zero-order chi connectivity index (χ0) is 10.6. The van der Waals surface area contributed by atoms with Crippen LogP contribution in [0, 0.1) is 0 Å². The molecule has 0 radical (unpaired) electrons. The van der Waals surface area contributed by atoms with Crippen molar-refractivity contribution in [3.8, 4) is 0 Å². The topological polar surface area (TPSA) is 64.3 Å². The molecule has 1 amide bonds. The molecule has 0 aromatic carbocycles. The first-order valence-corrected chi connectivity index (χ1v) is 5.29. The standard InChI is InChI=1S/C10H20N2O2/c1-3-8-9(14-6-10(11)13)5-4-7(2)12-8/h7-9,12H,3-6H2,1-2H3,(H2,11,13). The van der Waals surface area contributed by atoms with E-state index in [0.29, 0.717) is 12.1 Å². The summed E-state index contributed by atoms with van der Waals surface area (Å²) in [6.07, 6.45) is 3.27. The minimum Gasteiger partial charge on any atom is -0.368 e. The molecule has 3 atom stereocenters. The highest BCUT2D eigenvalue weighted by atomic mass is 16.5. The van der Waals surface area contributed by atoms with E-state index in [-0.39, 0.29) is 12.7 Å². The summed E-state index contributed by atoms with van der Waals surface area (Å²) in [5.41, 5.74) is 5.04. The number of nitrogens with two attached hydrogens (primary N) is 1. The molecule has 0 aromatic heterocycles. The normalized spacial score (nSPS) is 32.9. The molecule has 14 heavy (non-hydrogen) atoms. The summed E-state index contributed by atoms with van der Waals surface area (Å²) in [7, 11) is 0. The second kappa shape index (κ2) is 5.32. The highest BCUT2D eigenvalue weighted by Crippen LogP contribution is 2.18. The van der Waals surface area contributed by atoms with E-state index in [1.807, 2.05) is 0 Å². The molecule has 1 rings (SSSR count). The van der Waals surface area contributed by atoms with E-state index in [4.69, 9.17) is 10.5 Å². The lowest BCUT2D eigenvalue weighted by Crippen LogP contribution is -2.50. The molecule has 1 saturated heterocycles. The number of rotatable bonds is 4. The quantitative estimate of drug-likeness (QED) is 0.690. The predicted octanol–water partition coefficient (Wildman–Crippen LogP) is 0.407. The number of carbonyl (C=O) groups is 1. The van der Waals surface area contributed by atoms with E-state index >= 15 is 0 Å². The fraction of sp³-hybridized carbons (Fsp3) is 0.900. The van der Waals surface area contributed by atoms with Crippen molar-refractivity contribution in [1.29, 1.82) is 0 Å². The van der Waals surface area contributed by atoms with Gasteiger partial charge in [-0.15, -0.1) is 0 Å². The van der Waals surface area contributed by atoms with Crippen LogP contribution in [0.2, 0.25) is 0 Å². The first-order chi connectivity index (χ1) is 6.63. The number of hydrogen-bond acceptors (Lipinski definition) is 3. The Morgan fingerprint density at radius 2 is 2.29 bits per heavy atom. The average molecular weight is 200 g/mol. The Morgan fingerprint density at radius 3 is 2.86 bits per heavy atom. The maximum atomic E-state index is 10.6. The van der Waals surface area contributed by atoms with Crippen molar-refractivity contribution in [3.63, 3.8) is 0 Å². The fourth-order valence-corrected chi connectivity index (χ4v) is 1.94. The Bertz CT molecular complexity index is 197. The molecular formula is C10H20N2O2. The molecule has 1 heterocycles. The van der Waals surface area contributed by atoms with E-state index in [0.717, 1.165) is 19.3 Å². The number of primary amides is 1. The summed E-state index contributed by atoms with van der Waals surface area (Å²) in [6.45, 7) is 4.33. The molecule has 82 valence electrons.